The van der Waals surface area contributed by atoms with Crippen molar-refractivity contribution in [2.24, 2.45) is 0 Å². The molecule has 1 unspecified atom stereocenters. The van der Waals surface area contributed by atoms with Crippen LogP contribution in [0.5, 0.6) is 0 Å². The van der Waals surface area contributed by atoms with Crippen molar-refractivity contribution in [3.8, 4) is 0 Å². The van der Waals surface area contributed by atoms with Crippen LogP contribution in [0.4, 0.5) is 0 Å². The average Bonchev–Trinajstić information content (AvgIpc) is 3.16. The molecule has 120 valence electrons. The van der Waals surface area contributed by atoms with Gasteiger partial charge in [-0.3, -0.25) is 4.79 Å². The minimum Gasteiger partial charge on any atom is -0.377 e. The van der Waals surface area contributed by atoms with Gasteiger partial charge < -0.3 is 24.4 Å². The molecule has 0 aromatic heterocycles. The van der Waals surface area contributed by atoms with Crippen LogP contribution < -0.4 is 5.32 Å². The van der Waals surface area contributed by atoms with E-state index in [9.17, 15) is 4.79 Å². The summed E-state index contributed by atoms with van der Waals surface area (Å²) in [5, 5.41) is 3.32. The minimum absolute atomic E-state index is 0.225. The summed E-state index contributed by atoms with van der Waals surface area (Å²) < 4.78 is 16.9. The highest BCUT2D eigenvalue weighted by atomic mass is 16.7. The molecule has 6 heteroatoms. The predicted molar refractivity (Wildman–Crippen MR) is 76.9 cm³/mol. The molecule has 3 rings (SSSR count). The van der Waals surface area contributed by atoms with E-state index >= 15 is 0 Å². The smallest absolute Gasteiger partial charge is 0.223 e. The molecule has 3 fully saturated rings. The number of carbonyl (C=O) groups excluding carboxylic acids is 1. The number of amides is 1. The van der Waals surface area contributed by atoms with Crippen LogP contribution in [0.15, 0.2) is 0 Å². The number of piperidine rings is 1. The van der Waals surface area contributed by atoms with Gasteiger partial charge in [0.1, 0.15) is 0 Å². The zero-order valence-electron chi connectivity index (χ0n) is 12.6. The van der Waals surface area contributed by atoms with Gasteiger partial charge in [-0.1, -0.05) is 0 Å². The summed E-state index contributed by atoms with van der Waals surface area (Å²) >= 11 is 0. The standard InChI is InChI=1S/C15H26N2O4/c18-14(3-6-16-12-13-2-1-9-19-13)17-7-4-15(5-8-17)20-10-11-21-15/h13,16H,1-12H2. The third-order valence-electron chi connectivity index (χ3n) is 4.60. The van der Waals surface area contributed by atoms with Gasteiger partial charge in [-0.15, -0.1) is 0 Å². The molecule has 1 N–H and O–H groups in total. The first-order valence-electron chi connectivity index (χ1n) is 8.15. The third-order valence-corrected chi connectivity index (χ3v) is 4.60. The lowest BCUT2D eigenvalue weighted by Crippen LogP contribution is -2.47. The molecule has 3 heterocycles. The summed E-state index contributed by atoms with van der Waals surface area (Å²) in [5.74, 6) is -0.169. The Balaban J connectivity index is 1.30. The number of nitrogens with zero attached hydrogens (tertiary/aromatic N) is 1. The van der Waals surface area contributed by atoms with Crippen LogP contribution in [0.3, 0.4) is 0 Å². The molecule has 0 radical (unpaired) electrons. The van der Waals surface area contributed by atoms with E-state index in [0.717, 1.165) is 58.5 Å². The van der Waals surface area contributed by atoms with E-state index in [2.05, 4.69) is 5.32 Å². The Kier molecular flexibility index (Phi) is 5.11. The third kappa shape index (κ3) is 3.94. The van der Waals surface area contributed by atoms with Crippen LogP contribution in [0.1, 0.15) is 32.1 Å². The maximum Gasteiger partial charge on any atom is 0.223 e. The van der Waals surface area contributed by atoms with Gasteiger partial charge in [-0.05, 0) is 12.8 Å². The predicted octanol–water partition coefficient (Wildman–Crippen LogP) is 0.511. The fraction of sp³-hybridized carbons (Fsp3) is 0.933. The molecule has 1 amide bonds. The van der Waals surface area contributed by atoms with Crippen LogP contribution >= 0.6 is 0 Å². The van der Waals surface area contributed by atoms with Crippen LogP contribution in [0.25, 0.3) is 0 Å². The number of hydrogen-bond acceptors (Lipinski definition) is 5. The molecule has 0 bridgehead atoms. The van der Waals surface area contributed by atoms with Crippen molar-refractivity contribution in [3.05, 3.63) is 0 Å². The maximum atomic E-state index is 12.2. The van der Waals surface area contributed by atoms with Crippen LogP contribution in [-0.4, -0.2) is 68.7 Å². The van der Waals surface area contributed by atoms with Crippen molar-refractivity contribution >= 4 is 5.91 Å². The lowest BCUT2D eigenvalue weighted by atomic mass is 10.0. The second kappa shape index (κ2) is 7.05. The topological polar surface area (TPSA) is 60.0 Å². The van der Waals surface area contributed by atoms with Crippen molar-refractivity contribution in [2.75, 3.05) is 46.0 Å². The highest BCUT2D eigenvalue weighted by Gasteiger charge is 2.40. The fourth-order valence-electron chi connectivity index (χ4n) is 3.30. The Labute approximate surface area is 126 Å². The summed E-state index contributed by atoms with van der Waals surface area (Å²) in [6, 6.07) is 0. The zero-order valence-corrected chi connectivity index (χ0v) is 12.6. The molecule has 1 spiro atoms. The van der Waals surface area contributed by atoms with Crippen LogP contribution in [0.2, 0.25) is 0 Å². The molecule has 3 aliphatic rings. The Morgan fingerprint density at radius 1 is 1.19 bits per heavy atom. The van der Waals surface area contributed by atoms with E-state index in [1.165, 1.54) is 0 Å². The van der Waals surface area contributed by atoms with Gasteiger partial charge in [-0.2, -0.15) is 0 Å². The van der Waals surface area contributed by atoms with Gasteiger partial charge in [0, 0.05) is 52.0 Å². The van der Waals surface area contributed by atoms with Gasteiger partial charge in [0.15, 0.2) is 5.79 Å². The van der Waals surface area contributed by atoms with E-state index in [1.54, 1.807) is 0 Å². The lowest BCUT2D eigenvalue weighted by molar-refractivity contribution is -0.187. The van der Waals surface area contributed by atoms with E-state index in [1.807, 2.05) is 4.90 Å². The summed E-state index contributed by atoms with van der Waals surface area (Å²) in [6.07, 6.45) is 4.78. The number of ether oxygens (including phenoxy) is 3. The Hall–Kier alpha value is -0.690. The van der Waals surface area contributed by atoms with Gasteiger partial charge in [0.25, 0.3) is 0 Å². The molecule has 0 aliphatic carbocycles. The molecule has 0 aromatic carbocycles. The molecule has 0 aromatic rings. The molecule has 0 saturated carbocycles. The van der Waals surface area contributed by atoms with E-state index in [-0.39, 0.29) is 5.91 Å². The summed E-state index contributed by atoms with van der Waals surface area (Å²) in [4.78, 5) is 14.1. The molecule has 21 heavy (non-hydrogen) atoms. The highest BCUT2D eigenvalue weighted by Crippen LogP contribution is 2.31. The van der Waals surface area contributed by atoms with Crippen molar-refractivity contribution in [3.63, 3.8) is 0 Å². The van der Waals surface area contributed by atoms with Crippen LogP contribution in [0, 0.1) is 0 Å². The highest BCUT2D eigenvalue weighted by molar-refractivity contribution is 5.76. The average molecular weight is 298 g/mol. The van der Waals surface area contributed by atoms with Gasteiger partial charge in [0.2, 0.25) is 5.91 Å². The second-order valence-electron chi connectivity index (χ2n) is 6.08. The van der Waals surface area contributed by atoms with Crippen molar-refractivity contribution < 1.29 is 19.0 Å². The Morgan fingerprint density at radius 2 is 1.95 bits per heavy atom. The molecule has 6 nitrogen and oxygen atoms in total. The van der Waals surface area contributed by atoms with Crippen molar-refractivity contribution in [2.45, 2.75) is 44.0 Å². The zero-order chi connectivity index (χ0) is 14.5. The normalized spacial score (nSPS) is 28.4. The first kappa shape index (κ1) is 15.2. The quantitative estimate of drug-likeness (QED) is 0.750. The monoisotopic (exact) mass is 298 g/mol. The SMILES string of the molecule is O=C(CCNCC1CCCO1)N1CCC2(CC1)OCCO2. The molecular formula is C15H26N2O4. The van der Waals surface area contributed by atoms with E-state index in [4.69, 9.17) is 14.2 Å². The van der Waals surface area contributed by atoms with Crippen molar-refractivity contribution in [1.29, 1.82) is 0 Å². The fourth-order valence-corrected chi connectivity index (χ4v) is 3.30. The lowest BCUT2D eigenvalue weighted by Gasteiger charge is -2.37. The summed E-state index contributed by atoms with van der Waals surface area (Å²) in [7, 11) is 0. The number of rotatable bonds is 5. The summed E-state index contributed by atoms with van der Waals surface area (Å²) in [5.41, 5.74) is 0. The maximum absolute atomic E-state index is 12.2. The minimum atomic E-state index is -0.394. The Bertz CT molecular complexity index is 342. The number of nitrogens with one attached hydrogen (secondary N) is 1. The molecule has 1 atom stereocenters. The van der Waals surface area contributed by atoms with Gasteiger partial charge in [-0.25, -0.2) is 0 Å². The van der Waals surface area contributed by atoms with Gasteiger partial charge in [0.05, 0.1) is 19.3 Å². The van der Waals surface area contributed by atoms with E-state index < -0.39 is 5.79 Å². The number of hydrogen-bond donors (Lipinski definition) is 1. The number of likely N-dealkylation sites (tertiary alicyclic amines) is 1. The molecule has 3 saturated heterocycles. The number of carbonyl (C=O) groups is 1. The van der Waals surface area contributed by atoms with Crippen molar-refractivity contribution in [1.82, 2.24) is 10.2 Å². The molecule has 3 aliphatic heterocycles. The second-order valence-corrected chi connectivity index (χ2v) is 6.08. The Morgan fingerprint density at radius 3 is 2.62 bits per heavy atom. The first-order chi connectivity index (χ1) is 10.3. The van der Waals surface area contributed by atoms with E-state index in [0.29, 0.717) is 25.7 Å². The van der Waals surface area contributed by atoms with Gasteiger partial charge >= 0.3 is 0 Å². The first-order valence-corrected chi connectivity index (χ1v) is 8.15. The summed E-state index contributed by atoms with van der Waals surface area (Å²) in [6.45, 7) is 5.31. The van der Waals surface area contributed by atoms with Crippen LogP contribution in [-0.2, 0) is 19.0 Å². The largest absolute Gasteiger partial charge is 0.377 e. The molecular weight excluding hydrogens is 272 g/mol.